The van der Waals surface area contributed by atoms with Crippen LogP contribution >= 0.6 is 11.6 Å². The Morgan fingerprint density at radius 3 is 2.21 bits per heavy atom. The number of para-hydroxylation sites is 2. The summed E-state index contributed by atoms with van der Waals surface area (Å²) in [5.74, 6) is 0.356. The molecule has 1 aliphatic rings. The van der Waals surface area contributed by atoms with Crippen LogP contribution < -0.4 is 20.3 Å². The van der Waals surface area contributed by atoms with Crippen molar-refractivity contribution in [1.82, 2.24) is 10.9 Å². The Kier molecular flexibility index (Phi) is 6.41. The molecule has 0 aliphatic heterocycles. The zero-order valence-corrected chi connectivity index (χ0v) is 16.4. The van der Waals surface area contributed by atoms with Crippen LogP contribution in [0, 0.1) is 0 Å². The van der Waals surface area contributed by atoms with Gasteiger partial charge in [0, 0.05) is 5.02 Å². The molecule has 0 heterocycles. The molecule has 3 rings (SSSR count). The van der Waals surface area contributed by atoms with E-state index in [-0.39, 0.29) is 12.5 Å². The summed E-state index contributed by atoms with van der Waals surface area (Å²) in [5.41, 5.74) is 5.24. The van der Waals surface area contributed by atoms with Gasteiger partial charge in [0.2, 0.25) is 5.91 Å². The van der Waals surface area contributed by atoms with Crippen LogP contribution in [0.4, 0.5) is 0 Å². The van der Waals surface area contributed by atoms with E-state index in [4.69, 9.17) is 21.1 Å². The van der Waals surface area contributed by atoms with Crippen LogP contribution in [0.1, 0.15) is 31.7 Å². The molecule has 28 heavy (non-hydrogen) atoms. The first-order valence-electron chi connectivity index (χ1n) is 9.25. The highest BCUT2D eigenvalue weighted by atomic mass is 35.5. The van der Waals surface area contributed by atoms with E-state index >= 15 is 0 Å². The molecule has 0 spiro atoms. The predicted molar refractivity (Wildman–Crippen MR) is 106 cm³/mol. The molecular weight excluding hydrogens is 380 g/mol. The first kappa shape index (κ1) is 20.0. The highest BCUT2D eigenvalue weighted by Crippen LogP contribution is 2.44. The van der Waals surface area contributed by atoms with Crippen molar-refractivity contribution >= 4 is 23.4 Å². The van der Waals surface area contributed by atoms with Crippen molar-refractivity contribution in [3.05, 3.63) is 59.1 Å². The number of nitrogens with one attached hydrogen (secondary N) is 2. The second-order valence-electron chi connectivity index (χ2n) is 6.61. The monoisotopic (exact) mass is 402 g/mol. The lowest BCUT2D eigenvalue weighted by atomic mass is 9.64. The van der Waals surface area contributed by atoms with E-state index in [1.54, 1.807) is 30.3 Å². The van der Waals surface area contributed by atoms with E-state index in [1.807, 2.05) is 25.1 Å². The quantitative estimate of drug-likeness (QED) is 0.696. The molecule has 0 atom stereocenters. The molecule has 1 aliphatic carbocycles. The van der Waals surface area contributed by atoms with Crippen molar-refractivity contribution in [3.63, 3.8) is 0 Å². The Hall–Kier alpha value is -2.73. The summed E-state index contributed by atoms with van der Waals surface area (Å²) >= 11 is 5.94. The first-order valence-corrected chi connectivity index (χ1v) is 9.63. The van der Waals surface area contributed by atoms with Gasteiger partial charge in [0.1, 0.15) is 0 Å². The summed E-state index contributed by atoms with van der Waals surface area (Å²) in [5, 5.41) is 0.622. The average Bonchev–Trinajstić information content (AvgIpc) is 2.66. The standard InChI is InChI=1S/C21H23ClN2O4/c1-2-27-17-6-3-4-7-18(17)28-14-19(25)23-24-20(26)21(12-5-13-21)15-8-10-16(22)11-9-15/h3-4,6-11H,2,5,12-14H2,1H3,(H,23,25)(H,24,26). The topological polar surface area (TPSA) is 76.7 Å². The normalized spacial score (nSPS) is 14.5. The number of hydrogen-bond acceptors (Lipinski definition) is 4. The zero-order chi connectivity index (χ0) is 20.0. The maximum atomic E-state index is 12.7. The van der Waals surface area contributed by atoms with Crippen LogP contribution in [-0.4, -0.2) is 25.0 Å². The van der Waals surface area contributed by atoms with Crippen molar-refractivity contribution in [2.75, 3.05) is 13.2 Å². The maximum Gasteiger partial charge on any atom is 0.276 e. The van der Waals surface area contributed by atoms with Crippen LogP contribution in [0.3, 0.4) is 0 Å². The number of halogens is 1. The summed E-state index contributed by atoms with van der Waals surface area (Å²) < 4.78 is 11.0. The fraction of sp³-hybridized carbons (Fsp3) is 0.333. The molecule has 2 N–H and O–H groups in total. The van der Waals surface area contributed by atoms with Gasteiger partial charge in [-0.25, -0.2) is 0 Å². The van der Waals surface area contributed by atoms with Gasteiger partial charge >= 0.3 is 0 Å². The van der Waals surface area contributed by atoms with Gasteiger partial charge in [-0.2, -0.15) is 0 Å². The SMILES string of the molecule is CCOc1ccccc1OCC(=O)NNC(=O)C1(c2ccc(Cl)cc2)CCC1. The first-order chi connectivity index (χ1) is 13.5. The lowest BCUT2D eigenvalue weighted by molar-refractivity contribution is -0.135. The minimum Gasteiger partial charge on any atom is -0.490 e. The van der Waals surface area contributed by atoms with E-state index in [9.17, 15) is 9.59 Å². The molecule has 0 radical (unpaired) electrons. The Bertz CT molecular complexity index is 835. The summed E-state index contributed by atoms with van der Waals surface area (Å²) in [4.78, 5) is 24.8. The Morgan fingerprint density at radius 1 is 1.00 bits per heavy atom. The van der Waals surface area contributed by atoms with Gasteiger partial charge in [-0.05, 0) is 49.6 Å². The summed E-state index contributed by atoms with van der Waals surface area (Å²) in [7, 11) is 0. The third-order valence-corrected chi connectivity index (χ3v) is 5.11. The molecule has 148 valence electrons. The molecule has 2 amide bonds. The minimum atomic E-state index is -0.625. The largest absolute Gasteiger partial charge is 0.490 e. The molecule has 7 heteroatoms. The van der Waals surface area contributed by atoms with Gasteiger partial charge in [-0.3, -0.25) is 20.4 Å². The molecular formula is C21H23ClN2O4. The molecule has 1 fully saturated rings. The van der Waals surface area contributed by atoms with E-state index in [1.165, 1.54) is 0 Å². The lowest BCUT2D eigenvalue weighted by Gasteiger charge is -2.40. The van der Waals surface area contributed by atoms with E-state index < -0.39 is 11.3 Å². The third kappa shape index (κ3) is 4.39. The van der Waals surface area contributed by atoms with Crippen molar-refractivity contribution < 1.29 is 19.1 Å². The second-order valence-corrected chi connectivity index (χ2v) is 7.05. The fourth-order valence-electron chi connectivity index (χ4n) is 3.22. The second kappa shape index (κ2) is 8.97. The maximum absolute atomic E-state index is 12.7. The van der Waals surface area contributed by atoms with Gasteiger partial charge in [0.05, 0.1) is 12.0 Å². The lowest BCUT2D eigenvalue weighted by Crippen LogP contribution is -2.55. The van der Waals surface area contributed by atoms with E-state index in [2.05, 4.69) is 10.9 Å². The molecule has 6 nitrogen and oxygen atoms in total. The van der Waals surface area contributed by atoms with Crippen LogP contribution in [0.2, 0.25) is 5.02 Å². The van der Waals surface area contributed by atoms with Gasteiger partial charge < -0.3 is 9.47 Å². The molecule has 2 aromatic carbocycles. The smallest absolute Gasteiger partial charge is 0.276 e. The fourth-order valence-corrected chi connectivity index (χ4v) is 3.34. The zero-order valence-electron chi connectivity index (χ0n) is 15.7. The van der Waals surface area contributed by atoms with Gasteiger partial charge in [0.25, 0.3) is 5.91 Å². The van der Waals surface area contributed by atoms with Gasteiger partial charge in [-0.1, -0.05) is 42.3 Å². The van der Waals surface area contributed by atoms with Crippen molar-refractivity contribution in [3.8, 4) is 11.5 Å². The summed E-state index contributed by atoms with van der Waals surface area (Å²) in [6.45, 7) is 2.13. The number of ether oxygens (including phenoxy) is 2. The number of hydrazine groups is 1. The van der Waals surface area contributed by atoms with Crippen LogP contribution in [0.5, 0.6) is 11.5 Å². The summed E-state index contributed by atoms with van der Waals surface area (Å²) in [6.07, 6.45) is 2.42. The van der Waals surface area contributed by atoms with Crippen LogP contribution in [-0.2, 0) is 15.0 Å². The highest BCUT2D eigenvalue weighted by Gasteiger charge is 2.45. The molecule has 0 saturated heterocycles. The molecule has 1 saturated carbocycles. The van der Waals surface area contributed by atoms with E-state index in [0.717, 1.165) is 24.8 Å². The molecule has 0 unspecified atom stereocenters. The Labute approximate surface area is 169 Å². The third-order valence-electron chi connectivity index (χ3n) is 4.86. The predicted octanol–water partition coefficient (Wildman–Crippen LogP) is 3.39. The van der Waals surface area contributed by atoms with E-state index in [0.29, 0.717) is 23.1 Å². The Balaban J connectivity index is 1.54. The van der Waals surface area contributed by atoms with Crippen LogP contribution in [0.25, 0.3) is 0 Å². The number of amides is 2. The number of hydrogen-bond donors (Lipinski definition) is 2. The van der Waals surface area contributed by atoms with Crippen molar-refractivity contribution in [1.29, 1.82) is 0 Å². The molecule has 0 aromatic heterocycles. The average molecular weight is 403 g/mol. The van der Waals surface area contributed by atoms with Crippen LogP contribution in [0.15, 0.2) is 48.5 Å². The van der Waals surface area contributed by atoms with Crippen molar-refractivity contribution in [2.24, 2.45) is 0 Å². The van der Waals surface area contributed by atoms with Gasteiger partial charge in [0.15, 0.2) is 18.1 Å². The van der Waals surface area contributed by atoms with Gasteiger partial charge in [-0.15, -0.1) is 0 Å². The number of carbonyl (C=O) groups is 2. The molecule has 2 aromatic rings. The summed E-state index contributed by atoms with van der Waals surface area (Å²) in [6, 6.07) is 14.4. The Morgan fingerprint density at radius 2 is 1.64 bits per heavy atom. The number of rotatable bonds is 7. The highest BCUT2D eigenvalue weighted by molar-refractivity contribution is 6.30. The molecule has 0 bridgehead atoms. The number of benzene rings is 2. The number of carbonyl (C=O) groups excluding carboxylic acids is 2. The van der Waals surface area contributed by atoms with Crippen molar-refractivity contribution in [2.45, 2.75) is 31.6 Å². The minimum absolute atomic E-state index is 0.232.